The summed E-state index contributed by atoms with van der Waals surface area (Å²) < 4.78 is 51.6. The van der Waals surface area contributed by atoms with Crippen molar-refractivity contribution < 1.29 is 16.8 Å². The van der Waals surface area contributed by atoms with Crippen LogP contribution in [0, 0.1) is 5.92 Å². The van der Waals surface area contributed by atoms with E-state index in [1.165, 1.54) is 11.6 Å². The molecular weight excluding hydrogens is 450 g/mol. The summed E-state index contributed by atoms with van der Waals surface area (Å²) in [6, 6.07) is 12.9. The van der Waals surface area contributed by atoms with Crippen LogP contribution in [0.5, 0.6) is 0 Å². The standard InChI is InChI=1S/C20H24ClNO4S3/c21-19-6-7-20(27-19)29(25,26)18-14-28(23,24)13-17(18)22-10-8-16(9-11-22)12-15-4-2-1-3-5-15/h1-7,16-18H,8-14H2/t17-,18-/m0/s1. The van der Waals surface area contributed by atoms with Gasteiger partial charge in [-0.1, -0.05) is 41.9 Å². The number of benzene rings is 1. The van der Waals surface area contributed by atoms with Gasteiger partial charge in [0.05, 0.1) is 21.1 Å². The molecule has 1 aromatic carbocycles. The third-order valence-electron chi connectivity index (χ3n) is 5.98. The van der Waals surface area contributed by atoms with E-state index < -0.39 is 31.0 Å². The van der Waals surface area contributed by atoms with E-state index in [4.69, 9.17) is 11.6 Å². The number of hydrogen-bond acceptors (Lipinski definition) is 6. The van der Waals surface area contributed by atoms with Crippen molar-refractivity contribution in [1.29, 1.82) is 0 Å². The third kappa shape index (κ3) is 4.71. The predicted octanol–water partition coefficient (Wildman–Crippen LogP) is 3.30. The molecule has 0 radical (unpaired) electrons. The summed E-state index contributed by atoms with van der Waals surface area (Å²) in [4.78, 5) is 2.09. The van der Waals surface area contributed by atoms with Gasteiger partial charge >= 0.3 is 0 Å². The van der Waals surface area contributed by atoms with Crippen LogP contribution in [0.4, 0.5) is 0 Å². The highest BCUT2D eigenvalue weighted by Crippen LogP contribution is 2.35. The Morgan fingerprint density at radius 3 is 2.34 bits per heavy atom. The van der Waals surface area contributed by atoms with E-state index in [9.17, 15) is 16.8 Å². The molecular formula is C20H24ClNO4S3. The van der Waals surface area contributed by atoms with Gasteiger partial charge in [0.25, 0.3) is 0 Å². The average molecular weight is 474 g/mol. The lowest BCUT2D eigenvalue weighted by Gasteiger charge is -2.37. The number of halogens is 1. The van der Waals surface area contributed by atoms with E-state index in [1.807, 2.05) is 18.2 Å². The largest absolute Gasteiger partial charge is 0.298 e. The van der Waals surface area contributed by atoms with Crippen LogP contribution in [0.25, 0.3) is 0 Å². The molecule has 0 N–H and O–H groups in total. The summed E-state index contributed by atoms with van der Waals surface area (Å²) in [7, 11) is -7.13. The Bertz CT molecular complexity index is 1060. The van der Waals surface area contributed by atoms with Crippen LogP contribution in [0.3, 0.4) is 0 Å². The van der Waals surface area contributed by atoms with Crippen molar-refractivity contribution in [3.8, 4) is 0 Å². The molecule has 0 spiro atoms. The van der Waals surface area contributed by atoms with E-state index in [2.05, 4.69) is 17.0 Å². The molecule has 3 heterocycles. The molecule has 0 amide bonds. The Hall–Kier alpha value is -0.930. The van der Waals surface area contributed by atoms with Crippen LogP contribution in [0.15, 0.2) is 46.7 Å². The minimum atomic E-state index is -3.74. The fraction of sp³-hybridized carbons (Fsp3) is 0.500. The fourth-order valence-corrected chi connectivity index (χ4v) is 11.0. The lowest BCUT2D eigenvalue weighted by molar-refractivity contribution is 0.144. The Balaban J connectivity index is 1.48. The number of thiophene rings is 1. The zero-order valence-corrected chi connectivity index (χ0v) is 19.1. The zero-order valence-electron chi connectivity index (χ0n) is 15.9. The molecule has 0 bridgehead atoms. The highest BCUT2D eigenvalue weighted by molar-refractivity contribution is 7.97. The van der Waals surface area contributed by atoms with Crippen LogP contribution < -0.4 is 0 Å². The topological polar surface area (TPSA) is 71.5 Å². The highest BCUT2D eigenvalue weighted by atomic mass is 35.5. The number of sulfone groups is 2. The van der Waals surface area contributed by atoms with Gasteiger partial charge in [-0.15, -0.1) is 11.3 Å². The van der Waals surface area contributed by atoms with Gasteiger partial charge in [-0.05, 0) is 56.0 Å². The van der Waals surface area contributed by atoms with Gasteiger partial charge < -0.3 is 0 Å². The second-order valence-electron chi connectivity index (χ2n) is 7.96. The van der Waals surface area contributed by atoms with Crippen LogP contribution in [-0.4, -0.2) is 57.6 Å². The first kappa shape index (κ1) is 21.3. The van der Waals surface area contributed by atoms with Crippen molar-refractivity contribution in [2.24, 2.45) is 5.92 Å². The first-order chi connectivity index (χ1) is 13.7. The summed E-state index contributed by atoms with van der Waals surface area (Å²) in [5.74, 6) is 0.150. The Kier molecular flexibility index (Phi) is 6.10. The first-order valence-electron chi connectivity index (χ1n) is 9.72. The summed E-state index contributed by atoms with van der Waals surface area (Å²) in [6.45, 7) is 1.46. The highest BCUT2D eigenvalue weighted by Gasteiger charge is 2.49. The molecule has 29 heavy (non-hydrogen) atoms. The molecule has 0 aliphatic carbocycles. The number of hydrogen-bond donors (Lipinski definition) is 0. The maximum absolute atomic E-state index is 13.2. The van der Waals surface area contributed by atoms with E-state index in [0.717, 1.165) is 43.7 Å². The normalized spacial score (nSPS) is 26.0. The summed E-state index contributed by atoms with van der Waals surface area (Å²) in [5, 5.41) is -0.923. The zero-order chi connectivity index (χ0) is 20.6. The van der Waals surface area contributed by atoms with Gasteiger partial charge in [-0.25, -0.2) is 16.8 Å². The number of rotatable bonds is 5. The summed E-state index contributed by atoms with van der Waals surface area (Å²) >= 11 is 6.92. The monoisotopic (exact) mass is 473 g/mol. The lowest BCUT2D eigenvalue weighted by atomic mass is 9.89. The molecule has 2 atom stereocenters. The number of nitrogens with zero attached hydrogens (tertiary/aromatic N) is 1. The van der Waals surface area contributed by atoms with E-state index in [-0.39, 0.29) is 15.7 Å². The van der Waals surface area contributed by atoms with E-state index in [1.54, 1.807) is 6.07 Å². The van der Waals surface area contributed by atoms with E-state index >= 15 is 0 Å². The van der Waals surface area contributed by atoms with Gasteiger partial charge in [0.1, 0.15) is 4.21 Å². The van der Waals surface area contributed by atoms with Gasteiger partial charge in [0.15, 0.2) is 19.7 Å². The average Bonchev–Trinajstić information content (AvgIpc) is 3.27. The number of piperidine rings is 1. The first-order valence-corrected chi connectivity index (χ1v) is 14.3. The Morgan fingerprint density at radius 2 is 1.72 bits per heavy atom. The maximum Gasteiger partial charge on any atom is 0.193 e. The molecule has 158 valence electrons. The molecule has 2 aliphatic heterocycles. The molecule has 2 fully saturated rings. The Labute approximate surface area is 181 Å². The molecule has 2 aliphatic rings. The summed E-state index contributed by atoms with van der Waals surface area (Å²) in [5.41, 5.74) is 1.31. The molecule has 2 saturated heterocycles. The molecule has 4 rings (SSSR count). The van der Waals surface area contributed by atoms with Crippen LogP contribution in [0.2, 0.25) is 4.34 Å². The Morgan fingerprint density at radius 1 is 1.03 bits per heavy atom. The van der Waals surface area contributed by atoms with Crippen molar-refractivity contribution >= 4 is 42.6 Å². The smallest absolute Gasteiger partial charge is 0.193 e. The van der Waals surface area contributed by atoms with Crippen LogP contribution >= 0.6 is 22.9 Å². The molecule has 5 nitrogen and oxygen atoms in total. The van der Waals surface area contributed by atoms with Crippen molar-refractivity contribution in [2.75, 3.05) is 24.6 Å². The van der Waals surface area contributed by atoms with E-state index in [0.29, 0.717) is 10.3 Å². The van der Waals surface area contributed by atoms with Gasteiger partial charge in [0.2, 0.25) is 0 Å². The maximum atomic E-state index is 13.2. The van der Waals surface area contributed by atoms with Gasteiger partial charge in [0, 0.05) is 6.04 Å². The summed E-state index contributed by atoms with van der Waals surface area (Å²) in [6.07, 6.45) is 2.90. The molecule has 1 aromatic heterocycles. The lowest BCUT2D eigenvalue weighted by Crippen LogP contribution is -2.49. The number of likely N-dealkylation sites (tertiary alicyclic amines) is 1. The van der Waals surface area contributed by atoms with Crippen molar-refractivity contribution in [3.63, 3.8) is 0 Å². The van der Waals surface area contributed by atoms with Gasteiger partial charge in [-0.2, -0.15) is 0 Å². The molecule has 2 aromatic rings. The van der Waals surface area contributed by atoms with Crippen molar-refractivity contribution in [3.05, 3.63) is 52.4 Å². The minimum Gasteiger partial charge on any atom is -0.298 e. The minimum absolute atomic E-state index is 0.0840. The molecule has 0 saturated carbocycles. The SMILES string of the molecule is O=S1(=O)C[C@H](N2CCC(Cc3ccccc3)CC2)[C@@H](S(=O)(=O)c2ccc(Cl)s2)C1. The predicted molar refractivity (Wildman–Crippen MR) is 117 cm³/mol. The van der Waals surface area contributed by atoms with Crippen molar-refractivity contribution in [1.82, 2.24) is 4.90 Å². The fourth-order valence-electron chi connectivity index (χ4n) is 4.47. The molecule has 9 heteroatoms. The second kappa shape index (κ2) is 8.30. The quantitative estimate of drug-likeness (QED) is 0.666. The second-order valence-corrected chi connectivity index (χ2v) is 14.2. The van der Waals surface area contributed by atoms with Crippen molar-refractivity contribution in [2.45, 2.75) is 34.8 Å². The molecule has 0 unspecified atom stereocenters. The van der Waals surface area contributed by atoms with Crippen LogP contribution in [0.1, 0.15) is 18.4 Å². The van der Waals surface area contributed by atoms with Crippen LogP contribution in [-0.2, 0) is 26.1 Å². The third-order valence-corrected chi connectivity index (χ3v) is 11.9. The van der Waals surface area contributed by atoms with Gasteiger partial charge in [-0.3, -0.25) is 4.90 Å².